The molecule has 7 heteroatoms. The zero-order valence-corrected chi connectivity index (χ0v) is 15.0. The number of rotatable bonds is 3. The van der Waals surface area contributed by atoms with Crippen LogP contribution in [0.2, 0.25) is 0 Å². The van der Waals surface area contributed by atoms with Crippen LogP contribution in [0.3, 0.4) is 0 Å². The Bertz CT molecular complexity index is 575. The maximum absolute atomic E-state index is 12.7. The van der Waals surface area contributed by atoms with Crippen molar-refractivity contribution in [1.29, 1.82) is 0 Å². The van der Waals surface area contributed by atoms with E-state index in [0.717, 1.165) is 51.1 Å². The molecule has 2 fully saturated rings. The molecule has 2 atom stereocenters. The first-order chi connectivity index (χ1) is 11.5. The number of carbonyl (C=O) groups excluding carboxylic acids is 1. The minimum Gasteiger partial charge on any atom is -0.377 e. The molecule has 0 saturated carbocycles. The smallest absolute Gasteiger partial charge is 0.317 e. The van der Waals surface area contributed by atoms with E-state index >= 15 is 0 Å². The van der Waals surface area contributed by atoms with Crippen LogP contribution in [0.5, 0.6) is 0 Å². The zero-order chi connectivity index (χ0) is 17.2. The highest BCUT2D eigenvalue weighted by Crippen LogP contribution is 2.24. The van der Waals surface area contributed by atoms with Crippen LogP contribution < -0.4 is 10.2 Å². The number of nitrogens with zero attached hydrogens (tertiary/aromatic N) is 4. The Morgan fingerprint density at radius 1 is 1.42 bits per heavy atom. The number of likely N-dealkylation sites (tertiary alicyclic amines) is 1. The standard InChI is InChI=1S/C17H29N5O2/c1-17(24-3)8-5-11-22(13-17)16(23)19-14-6-4-10-21(12-14)15-7-9-18-20(15)2/h7,9,14H,4-6,8,10-13H2,1-3H3,(H,19,23)/t14-,17+/m1/s1. The van der Waals surface area contributed by atoms with E-state index in [0.29, 0.717) is 6.54 Å². The van der Waals surface area contributed by atoms with Crippen molar-refractivity contribution >= 4 is 11.8 Å². The molecule has 2 aliphatic heterocycles. The molecule has 1 N–H and O–H groups in total. The molecule has 2 saturated heterocycles. The largest absolute Gasteiger partial charge is 0.377 e. The first-order valence-electron chi connectivity index (χ1n) is 8.84. The van der Waals surface area contributed by atoms with Crippen LogP contribution in [0.1, 0.15) is 32.6 Å². The number of hydrogen-bond donors (Lipinski definition) is 1. The number of methoxy groups -OCH3 is 1. The molecule has 7 nitrogen and oxygen atoms in total. The van der Waals surface area contributed by atoms with E-state index in [1.54, 1.807) is 7.11 Å². The van der Waals surface area contributed by atoms with Gasteiger partial charge in [0, 0.05) is 45.9 Å². The molecule has 0 unspecified atom stereocenters. The van der Waals surface area contributed by atoms with Crippen molar-refractivity contribution in [2.45, 2.75) is 44.2 Å². The molecule has 0 spiro atoms. The monoisotopic (exact) mass is 335 g/mol. The third-order valence-electron chi connectivity index (χ3n) is 5.31. The van der Waals surface area contributed by atoms with E-state index in [4.69, 9.17) is 4.74 Å². The van der Waals surface area contributed by atoms with E-state index in [-0.39, 0.29) is 17.7 Å². The van der Waals surface area contributed by atoms with Crippen molar-refractivity contribution in [2.75, 3.05) is 38.2 Å². The lowest BCUT2D eigenvalue weighted by Crippen LogP contribution is -2.56. The molecule has 3 heterocycles. The minimum atomic E-state index is -0.219. The van der Waals surface area contributed by atoms with Gasteiger partial charge in [0.05, 0.1) is 18.3 Å². The summed E-state index contributed by atoms with van der Waals surface area (Å²) in [4.78, 5) is 16.9. The van der Waals surface area contributed by atoms with Gasteiger partial charge in [0.1, 0.15) is 5.82 Å². The molecule has 1 aromatic rings. The van der Waals surface area contributed by atoms with Crippen LogP contribution in [0, 0.1) is 0 Å². The molecule has 2 amide bonds. The Kier molecular flexibility index (Phi) is 4.99. The third-order valence-corrected chi connectivity index (χ3v) is 5.31. The highest BCUT2D eigenvalue weighted by Gasteiger charge is 2.34. The number of ether oxygens (including phenoxy) is 1. The van der Waals surface area contributed by atoms with Crippen LogP contribution in [0.4, 0.5) is 10.6 Å². The van der Waals surface area contributed by atoms with Crippen molar-refractivity contribution in [2.24, 2.45) is 7.05 Å². The lowest BCUT2D eigenvalue weighted by molar-refractivity contribution is -0.0403. The SMILES string of the molecule is CO[C@@]1(C)CCCN(C(=O)N[C@@H]2CCCN(c3ccnn3C)C2)C1. The number of anilines is 1. The first-order valence-corrected chi connectivity index (χ1v) is 8.84. The highest BCUT2D eigenvalue weighted by molar-refractivity contribution is 5.75. The molecular formula is C17H29N5O2. The number of urea groups is 1. The van der Waals surface area contributed by atoms with Gasteiger partial charge < -0.3 is 19.9 Å². The molecule has 0 radical (unpaired) electrons. The number of hydrogen-bond acceptors (Lipinski definition) is 4. The summed E-state index contributed by atoms with van der Waals surface area (Å²) in [6, 6.07) is 2.24. The van der Waals surface area contributed by atoms with Crippen LogP contribution in [-0.4, -0.2) is 65.6 Å². The maximum atomic E-state index is 12.7. The Morgan fingerprint density at radius 2 is 2.25 bits per heavy atom. The number of amides is 2. The molecule has 1 aromatic heterocycles. The normalized spacial score (nSPS) is 28.0. The van der Waals surface area contributed by atoms with Gasteiger partial charge >= 0.3 is 6.03 Å². The van der Waals surface area contributed by atoms with Gasteiger partial charge in [0.25, 0.3) is 0 Å². The second kappa shape index (κ2) is 7.01. The van der Waals surface area contributed by atoms with Gasteiger partial charge in [-0.2, -0.15) is 5.10 Å². The van der Waals surface area contributed by atoms with Gasteiger partial charge in [-0.1, -0.05) is 0 Å². The number of carbonyl (C=O) groups is 1. The van der Waals surface area contributed by atoms with Gasteiger partial charge in [0.2, 0.25) is 0 Å². The maximum Gasteiger partial charge on any atom is 0.317 e. The van der Waals surface area contributed by atoms with Gasteiger partial charge in [-0.25, -0.2) is 4.79 Å². The van der Waals surface area contributed by atoms with E-state index in [1.165, 1.54) is 0 Å². The molecular weight excluding hydrogens is 306 g/mol. The molecule has 3 rings (SSSR count). The summed E-state index contributed by atoms with van der Waals surface area (Å²) in [6.07, 6.45) is 5.91. The predicted octanol–water partition coefficient (Wildman–Crippen LogP) is 1.60. The van der Waals surface area contributed by atoms with Crippen LogP contribution in [-0.2, 0) is 11.8 Å². The number of nitrogens with one attached hydrogen (secondary N) is 1. The minimum absolute atomic E-state index is 0.0369. The van der Waals surface area contributed by atoms with Crippen LogP contribution >= 0.6 is 0 Å². The molecule has 0 aromatic carbocycles. The number of aryl methyl sites for hydroxylation is 1. The first kappa shape index (κ1) is 17.1. The van der Waals surface area contributed by atoms with Gasteiger partial charge in [-0.05, 0) is 32.6 Å². The quantitative estimate of drug-likeness (QED) is 0.911. The zero-order valence-electron chi connectivity index (χ0n) is 15.0. The Hall–Kier alpha value is -1.76. The molecule has 0 bridgehead atoms. The summed E-state index contributed by atoms with van der Waals surface area (Å²) in [5.41, 5.74) is -0.219. The fourth-order valence-corrected chi connectivity index (χ4v) is 3.79. The molecule has 2 aliphatic rings. The third kappa shape index (κ3) is 3.66. The second-order valence-corrected chi connectivity index (χ2v) is 7.23. The summed E-state index contributed by atoms with van der Waals surface area (Å²) >= 11 is 0. The van der Waals surface area contributed by atoms with E-state index < -0.39 is 0 Å². The molecule has 134 valence electrons. The van der Waals surface area contributed by atoms with E-state index in [2.05, 4.69) is 22.2 Å². The second-order valence-electron chi connectivity index (χ2n) is 7.23. The summed E-state index contributed by atoms with van der Waals surface area (Å²) in [6.45, 7) is 5.39. The van der Waals surface area contributed by atoms with Crippen molar-refractivity contribution in [3.63, 3.8) is 0 Å². The van der Waals surface area contributed by atoms with Crippen LogP contribution in [0.25, 0.3) is 0 Å². The lowest BCUT2D eigenvalue weighted by atomic mass is 9.95. The van der Waals surface area contributed by atoms with Gasteiger partial charge in [-0.15, -0.1) is 0 Å². The van der Waals surface area contributed by atoms with E-state index in [9.17, 15) is 4.79 Å². The van der Waals surface area contributed by atoms with Gasteiger partial charge in [0.15, 0.2) is 0 Å². The fourth-order valence-electron chi connectivity index (χ4n) is 3.79. The summed E-state index contributed by atoms with van der Waals surface area (Å²) in [5, 5.41) is 7.46. The summed E-state index contributed by atoms with van der Waals surface area (Å²) in [5.74, 6) is 1.11. The topological polar surface area (TPSA) is 62.6 Å². The van der Waals surface area contributed by atoms with Crippen molar-refractivity contribution in [1.82, 2.24) is 20.0 Å². The lowest BCUT2D eigenvalue weighted by Gasteiger charge is -2.41. The Morgan fingerprint density at radius 3 is 2.96 bits per heavy atom. The highest BCUT2D eigenvalue weighted by atomic mass is 16.5. The average Bonchev–Trinajstić information content (AvgIpc) is 3.01. The molecule has 0 aliphatic carbocycles. The number of aromatic nitrogens is 2. The Labute approximate surface area is 143 Å². The average molecular weight is 335 g/mol. The van der Waals surface area contributed by atoms with Crippen molar-refractivity contribution in [3.8, 4) is 0 Å². The number of piperidine rings is 2. The fraction of sp³-hybridized carbons (Fsp3) is 0.765. The molecule has 24 heavy (non-hydrogen) atoms. The van der Waals surface area contributed by atoms with Crippen molar-refractivity contribution < 1.29 is 9.53 Å². The van der Waals surface area contributed by atoms with E-state index in [1.807, 2.05) is 28.9 Å². The van der Waals surface area contributed by atoms with Crippen molar-refractivity contribution in [3.05, 3.63) is 12.3 Å². The van der Waals surface area contributed by atoms with Gasteiger partial charge in [-0.3, -0.25) is 4.68 Å². The summed E-state index contributed by atoms with van der Waals surface area (Å²) < 4.78 is 7.48. The Balaban J connectivity index is 1.57. The predicted molar refractivity (Wildman–Crippen MR) is 93.2 cm³/mol. The summed E-state index contributed by atoms with van der Waals surface area (Å²) in [7, 11) is 3.69. The van der Waals surface area contributed by atoms with Crippen LogP contribution in [0.15, 0.2) is 12.3 Å².